The lowest BCUT2D eigenvalue weighted by atomic mass is 9.78. The fourth-order valence-electron chi connectivity index (χ4n) is 4.21. The number of anilines is 1. The van der Waals surface area contributed by atoms with Crippen molar-refractivity contribution in [3.8, 4) is 0 Å². The standard InChI is InChI=1S/C27H32N2O6/c1-6-13-27(5,24(32)33)19-11-12-21(28-25(34)35-26(2,3)4)20(14-19)22(30)23(31)29-15-17-9-7-8-10-18(17)16-29/h7-12,14H,6,13,15-16H2,1-5H3,(H,28,34)(H,32,33). The number of benzene rings is 2. The molecule has 2 aromatic rings. The lowest BCUT2D eigenvalue weighted by Crippen LogP contribution is -2.35. The van der Waals surface area contributed by atoms with Crippen molar-refractivity contribution in [2.24, 2.45) is 0 Å². The Hall–Kier alpha value is -3.68. The summed E-state index contributed by atoms with van der Waals surface area (Å²) in [6.45, 7) is 9.19. The molecule has 0 saturated heterocycles. The van der Waals surface area contributed by atoms with Crippen LogP contribution in [0.1, 0.15) is 74.5 Å². The number of hydrogen-bond acceptors (Lipinski definition) is 5. The van der Waals surface area contributed by atoms with Gasteiger partial charge in [0, 0.05) is 13.1 Å². The normalized spacial score (nSPS) is 14.6. The molecule has 8 heteroatoms. The van der Waals surface area contributed by atoms with Gasteiger partial charge in [-0.1, -0.05) is 43.7 Å². The number of nitrogens with one attached hydrogen (secondary N) is 1. The minimum Gasteiger partial charge on any atom is -0.481 e. The summed E-state index contributed by atoms with van der Waals surface area (Å²) in [6, 6.07) is 12.0. The van der Waals surface area contributed by atoms with E-state index in [9.17, 15) is 24.3 Å². The van der Waals surface area contributed by atoms with Crippen molar-refractivity contribution in [1.82, 2.24) is 4.90 Å². The first-order valence-electron chi connectivity index (χ1n) is 11.6. The number of amides is 2. The maximum Gasteiger partial charge on any atom is 0.412 e. The Bertz CT molecular complexity index is 1140. The van der Waals surface area contributed by atoms with Crippen molar-refractivity contribution in [3.63, 3.8) is 0 Å². The summed E-state index contributed by atoms with van der Waals surface area (Å²) >= 11 is 0. The van der Waals surface area contributed by atoms with Crippen LogP contribution in [-0.2, 0) is 32.8 Å². The average molecular weight is 481 g/mol. The third-order valence-corrected chi connectivity index (χ3v) is 6.08. The van der Waals surface area contributed by atoms with Crippen molar-refractivity contribution in [2.75, 3.05) is 5.32 Å². The Balaban J connectivity index is 1.99. The lowest BCUT2D eigenvalue weighted by Gasteiger charge is -2.26. The highest BCUT2D eigenvalue weighted by molar-refractivity contribution is 6.44. The van der Waals surface area contributed by atoms with Crippen LogP contribution in [0.5, 0.6) is 0 Å². The summed E-state index contributed by atoms with van der Waals surface area (Å²) in [5.74, 6) is -2.58. The molecule has 0 spiro atoms. The molecular formula is C27H32N2O6. The summed E-state index contributed by atoms with van der Waals surface area (Å²) in [5, 5.41) is 12.5. The fraction of sp³-hybridized carbons (Fsp3) is 0.407. The number of Topliss-reactive ketones (excluding diaryl/α,β-unsaturated/α-hetero) is 1. The molecule has 0 saturated carbocycles. The molecule has 0 aromatic heterocycles. The molecule has 2 N–H and O–H groups in total. The topological polar surface area (TPSA) is 113 Å². The molecule has 35 heavy (non-hydrogen) atoms. The second-order valence-electron chi connectivity index (χ2n) is 10.0. The molecule has 0 fully saturated rings. The van der Waals surface area contributed by atoms with Crippen LogP contribution in [-0.4, -0.2) is 39.4 Å². The number of fused-ring (bicyclic) bond motifs is 1. The fourth-order valence-corrected chi connectivity index (χ4v) is 4.21. The quantitative estimate of drug-likeness (QED) is 0.430. The van der Waals surface area contributed by atoms with Crippen molar-refractivity contribution in [3.05, 3.63) is 64.7 Å². The Kier molecular flexibility index (Phi) is 7.33. The number of ether oxygens (including phenoxy) is 1. The third kappa shape index (κ3) is 5.70. The lowest BCUT2D eigenvalue weighted by molar-refractivity contribution is -0.143. The van der Waals surface area contributed by atoms with Crippen LogP contribution < -0.4 is 5.32 Å². The van der Waals surface area contributed by atoms with Gasteiger partial charge >= 0.3 is 12.1 Å². The number of carbonyl (C=O) groups excluding carboxylic acids is 3. The van der Waals surface area contributed by atoms with Crippen molar-refractivity contribution >= 4 is 29.4 Å². The number of aliphatic carboxylic acids is 1. The third-order valence-electron chi connectivity index (χ3n) is 6.08. The second-order valence-corrected chi connectivity index (χ2v) is 10.0. The van der Waals surface area contributed by atoms with E-state index in [0.29, 0.717) is 31.5 Å². The van der Waals surface area contributed by atoms with Gasteiger partial charge in [-0.2, -0.15) is 0 Å². The largest absolute Gasteiger partial charge is 0.481 e. The molecule has 0 bridgehead atoms. The van der Waals surface area contributed by atoms with E-state index < -0.39 is 34.8 Å². The molecule has 186 valence electrons. The van der Waals surface area contributed by atoms with Gasteiger partial charge in [-0.15, -0.1) is 0 Å². The number of carboxylic acid groups (broad SMARTS) is 1. The summed E-state index contributed by atoms with van der Waals surface area (Å²) in [7, 11) is 0. The second kappa shape index (κ2) is 9.90. The monoisotopic (exact) mass is 480 g/mol. The zero-order chi connectivity index (χ0) is 26.0. The summed E-state index contributed by atoms with van der Waals surface area (Å²) < 4.78 is 5.30. The van der Waals surface area contributed by atoms with E-state index in [1.165, 1.54) is 17.0 Å². The van der Waals surface area contributed by atoms with Gasteiger partial charge in [-0.25, -0.2) is 4.79 Å². The van der Waals surface area contributed by atoms with Crippen molar-refractivity contribution in [1.29, 1.82) is 0 Å². The molecule has 3 rings (SSSR count). The van der Waals surface area contributed by atoms with Crippen molar-refractivity contribution in [2.45, 2.75) is 71.6 Å². The smallest absolute Gasteiger partial charge is 0.412 e. The molecule has 0 radical (unpaired) electrons. The maximum absolute atomic E-state index is 13.4. The minimum atomic E-state index is -1.26. The highest BCUT2D eigenvalue weighted by Crippen LogP contribution is 2.33. The number of carbonyl (C=O) groups is 4. The highest BCUT2D eigenvalue weighted by atomic mass is 16.6. The number of nitrogens with zero attached hydrogens (tertiary/aromatic N) is 1. The van der Waals surface area contributed by atoms with Crippen molar-refractivity contribution < 1.29 is 29.0 Å². The maximum atomic E-state index is 13.4. The van der Waals surface area contributed by atoms with Crippen LogP contribution in [0.15, 0.2) is 42.5 Å². The number of carboxylic acids is 1. The molecule has 1 unspecified atom stereocenters. The van der Waals surface area contributed by atoms with E-state index in [2.05, 4.69) is 5.32 Å². The van der Waals surface area contributed by atoms with E-state index in [1.54, 1.807) is 33.8 Å². The average Bonchev–Trinajstić information content (AvgIpc) is 3.21. The van der Waals surface area contributed by atoms with Crippen LogP contribution >= 0.6 is 0 Å². The summed E-state index contributed by atoms with van der Waals surface area (Å²) in [6.07, 6.45) is 0.161. The molecule has 1 aliphatic heterocycles. The van der Waals surface area contributed by atoms with Gasteiger partial charge in [-0.3, -0.25) is 19.7 Å². The number of ketones is 1. The van der Waals surface area contributed by atoms with Gasteiger partial charge < -0.3 is 14.7 Å². The van der Waals surface area contributed by atoms with E-state index in [4.69, 9.17) is 4.74 Å². The number of rotatable bonds is 7. The first-order valence-corrected chi connectivity index (χ1v) is 11.6. The minimum absolute atomic E-state index is 0.0714. The molecular weight excluding hydrogens is 448 g/mol. The molecule has 2 aromatic carbocycles. The van der Waals surface area contributed by atoms with Gasteiger partial charge in [0.1, 0.15) is 5.60 Å². The van der Waals surface area contributed by atoms with E-state index in [0.717, 1.165) is 11.1 Å². The summed E-state index contributed by atoms with van der Waals surface area (Å²) in [5.41, 5.74) is 0.296. The summed E-state index contributed by atoms with van der Waals surface area (Å²) in [4.78, 5) is 52.7. The molecule has 0 aliphatic carbocycles. The van der Waals surface area contributed by atoms with Gasteiger partial charge in [0.15, 0.2) is 0 Å². The Morgan fingerprint density at radius 1 is 1.00 bits per heavy atom. The van der Waals surface area contributed by atoms with Gasteiger partial charge in [0.05, 0.1) is 16.7 Å². The Labute approximate surface area is 205 Å². The predicted molar refractivity (Wildman–Crippen MR) is 131 cm³/mol. The van der Waals surface area contributed by atoms with Crippen LogP contribution in [0.2, 0.25) is 0 Å². The van der Waals surface area contributed by atoms with Crippen LogP contribution in [0.4, 0.5) is 10.5 Å². The zero-order valence-corrected chi connectivity index (χ0v) is 20.8. The Morgan fingerprint density at radius 3 is 2.11 bits per heavy atom. The van der Waals surface area contributed by atoms with Gasteiger partial charge in [0.25, 0.3) is 11.7 Å². The highest BCUT2D eigenvalue weighted by Gasteiger charge is 2.37. The molecule has 8 nitrogen and oxygen atoms in total. The van der Waals surface area contributed by atoms with E-state index in [-0.39, 0.29) is 11.3 Å². The molecule has 1 aliphatic rings. The molecule has 2 amide bonds. The first-order chi connectivity index (χ1) is 16.4. The Morgan fingerprint density at radius 2 is 1.60 bits per heavy atom. The van der Waals surface area contributed by atoms with E-state index >= 15 is 0 Å². The van der Waals surface area contributed by atoms with E-state index in [1.807, 2.05) is 31.2 Å². The van der Waals surface area contributed by atoms with Crippen LogP contribution in [0.25, 0.3) is 0 Å². The number of hydrogen-bond donors (Lipinski definition) is 2. The van der Waals surface area contributed by atoms with Gasteiger partial charge in [-0.05, 0) is 62.9 Å². The predicted octanol–water partition coefficient (Wildman–Crippen LogP) is 4.90. The molecule has 1 atom stereocenters. The zero-order valence-electron chi connectivity index (χ0n) is 20.8. The molecule has 1 heterocycles. The van der Waals surface area contributed by atoms with Crippen LogP contribution in [0.3, 0.4) is 0 Å². The SMILES string of the molecule is CCCC(C)(C(=O)O)c1ccc(NC(=O)OC(C)(C)C)c(C(=O)C(=O)N2Cc3ccccc3C2)c1. The first kappa shape index (κ1) is 25.9. The van der Waals surface area contributed by atoms with Gasteiger partial charge in [0.2, 0.25) is 0 Å². The van der Waals surface area contributed by atoms with Crippen LogP contribution in [0, 0.1) is 0 Å².